The average molecular weight is 188 g/mol. The molecule has 1 saturated carbocycles. The van der Waals surface area contributed by atoms with Crippen LogP contribution in [-0.2, 0) is 0 Å². The van der Waals surface area contributed by atoms with Crippen molar-refractivity contribution in [2.75, 3.05) is 0 Å². The lowest BCUT2D eigenvalue weighted by atomic mass is 9.72. The van der Waals surface area contributed by atoms with Crippen molar-refractivity contribution in [1.82, 2.24) is 0 Å². The molecule has 3 N–H and O–H groups in total. The Bertz CT molecular complexity index is 181. The zero-order valence-corrected chi connectivity index (χ0v) is 8.62. The second-order valence-electron chi connectivity index (χ2n) is 5.00. The topological polar surface area (TPSA) is 60.7 Å². The molecule has 0 aromatic heterocycles. The van der Waals surface area contributed by atoms with Crippen molar-refractivity contribution in [3.8, 4) is 0 Å². The first kappa shape index (κ1) is 11.0. The molecule has 1 aliphatic rings. The summed E-state index contributed by atoms with van der Waals surface area (Å²) in [6.07, 6.45) is 1.10. The number of aliphatic hydroxyl groups is 3. The molecule has 0 heterocycles. The van der Waals surface area contributed by atoms with E-state index in [1.807, 2.05) is 0 Å². The molecule has 13 heavy (non-hydrogen) atoms. The van der Waals surface area contributed by atoms with Crippen molar-refractivity contribution in [2.45, 2.75) is 57.3 Å². The molecule has 78 valence electrons. The molecule has 0 spiro atoms. The monoisotopic (exact) mass is 188 g/mol. The molecule has 0 radical (unpaired) electrons. The second kappa shape index (κ2) is 3.23. The van der Waals surface area contributed by atoms with E-state index < -0.39 is 17.3 Å². The van der Waals surface area contributed by atoms with Crippen LogP contribution in [-0.4, -0.2) is 32.6 Å². The van der Waals surface area contributed by atoms with Crippen LogP contribution in [0.2, 0.25) is 0 Å². The molecule has 1 fully saturated rings. The van der Waals surface area contributed by atoms with Crippen molar-refractivity contribution in [1.29, 1.82) is 0 Å². The summed E-state index contributed by atoms with van der Waals surface area (Å²) in [4.78, 5) is 0. The van der Waals surface area contributed by atoms with Gasteiger partial charge in [0.25, 0.3) is 0 Å². The Hall–Kier alpha value is -0.120. The summed E-state index contributed by atoms with van der Waals surface area (Å²) < 4.78 is 0. The lowest BCUT2D eigenvalue weighted by Gasteiger charge is -2.42. The van der Waals surface area contributed by atoms with Gasteiger partial charge in [0.1, 0.15) is 0 Å². The highest BCUT2D eigenvalue weighted by Crippen LogP contribution is 2.37. The predicted molar refractivity (Wildman–Crippen MR) is 50.3 cm³/mol. The lowest BCUT2D eigenvalue weighted by Crippen LogP contribution is -2.48. The Morgan fingerprint density at radius 1 is 1.38 bits per heavy atom. The van der Waals surface area contributed by atoms with E-state index in [-0.39, 0.29) is 5.92 Å². The van der Waals surface area contributed by atoms with Crippen molar-refractivity contribution < 1.29 is 15.3 Å². The zero-order chi connectivity index (χ0) is 10.3. The van der Waals surface area contributed by atoms with Gasteiger partial charge >= 0.3 is 0 Å². The van der Waals surface area contributed by atoms with Crippen LogP contribution in [0.3, 0.4) is 0 Å². The minimum Gasteiger partial charge on any atom is -0.390 e. The van der Waals surface area contributed by atoms with Crippen LogP contribution < -0.4 is 0 Å². The van der Waals surface area contributed by atoms with Gasteiger partial charge in [0.2, 0.25) is 0 Å². The van der Waals surface area contributed by atoms with Crippen LogP contribution in [0, 0.1) is 5.92 Å². The highest BCUT2D eigenvalue weighted by Gasteiger charge is 2.41. The molecule has 3 nitrogen and oxygen atoms in total. The van der Waals surface area contributed by atoms with Gasteiger partial charge < -0.3 is 15.3 Å². The van der Waals surface area contributed by atoms with E-state index in [0.29, 0.717) is 12.8 Å². The minimum atomic E-state index is -0.970. The molecule has 0 bridgehead atoms. The van der Waals surface area contributed by atoms with Gasteiger partial charge in [-0.05, 0) is 46.0 Å². The van der Waals surface area contributed by atoms with Crippen LogP contribution >= 0.6 is 0 Å². The molecule has 0 unspecified atom stereocenters. The molecule has 0 aromatic rings. The first-order valence-corrected chi connectivity index (χ1v) is 4.86. The van der Waals surface area contributed by atoms with Crippen LogP contribution in [0.15, 0.2) is 0 Å². The Balaban J connectivity index is 2.61. The van der Waals surface area contributed by atoms with Crippen molar-refractivity contribution >= 4 is 0 Å². The molecule has 1 rings (SSSR count). The predicted octanol–water partition coefficient (Wildman–Crippen LogP) is 0.669. The quantitative estimate of drug-likeness (QED) is 0.567. The van der Waals surface area contributed by atoms with Gasteiger partial charge in [-0.15, -0.1) is 0 Å². The van der Waals surface area contributed by atoms with E-state index in [9.17, 15) is 15.3 Å². The summed E-state index contributed by atoms with van der Waals surface area (Å²) in [7, 11) is 0. The van der Waals surface area contributed by atoms with Crippen molar-refractivity contribution in [2.24, 2.45) is 5.92 Å². The van der Waals surface area contributed by atoms with Gasteiger partial charge in [-0.25, -0.2) is 0 Å². The van der Waals surface area contributed by atoms with Gasteiger partial charge in [0.05, 0.1) is 17.3 Å². The normalized spacial score (nSPS) is 42.0. The molecular formula is C10H20O3. The van der Waals surface area contributed by atoms with Crippen LogP contribution in [0.25, 0.3) is 0 Å². The average Bonchev–Trinajstić information content (AvgIpc) is 1.92. The summed E-state index contributed by atoms with van der Waals surface area (Å²) in [5, 5.41) is 29.0. The number of aliphatic hydroxyl groups excluding tert-OH is 1. The number of hydrogen-bond acceptors (Lipinski definition) is 3. The van der Waals surface area contributed by atoms with Gasteiger partial charge in [0, 0.05) is 0 Å². The smallest absolute Gasteiger partial charge is 0.0877 e. The van der Waals surface area contributed by atoms with Gasteiger partial charge in [-0.1, -0.05) is 0 Å². The minimum absolute atomic E-state index is 0.0859. The number of rotatable bonds is 1. The van der Waals surface area contributed by atoms with E-state index in [1.54, 1.807) is 20.8 Å². The Kier molecular flexibility index (Phi) is 2.72. The molecule has 0 saturated heterocycles. The largest absolute Gasteiger partial charge is 0.390 e. The molecule has 0 aliphatic heterocycles. The van der Waals surface area contributed by atoms with Gasteiger partial charge in [-0.3, -0.25) is 0 Å². The summed E-state index contributed by atoms with van der Waals surface area (Å²) in [5.74, 6) is 0.0859. The molecule has 0 aromatic carbocycles. The van der Waals surface area contributed by atoms with E-state index >= 15 is 0 Å². The van der Waals surface area contributed by atoms with E-state index in [2.05, 4.69) is 0 Å². The Morgan fingerprint density at radius 3 is 2.31 bits per heavy atom. The van der Waals surface area contributed by atoms with Gasteiger partial charge in [0.15, 0.2) is 0 Å². The molecule has 3 heteroatoms. The van der Waals surface area contributed by atoms with Crippen LogP contribution in [0.4, 0.5) is 0 Å². The Labute approximate surface area is 79.4 Å². The maximum atomic E-state index is 9.74. The fourth-order valence-corrected chi connectivity index (χ4v) is 1.92. The third-order valence-electron chi connectivity index (χ3n) is 3.22. The summed E-state index contributed by atoms with van der Waals surface area (Å²) in [6.45, 7) is 5.16. The van der Waals surface area contributed by atoms with Gasteiger partial charge in [-0.2, -0.15) is 0 Å². The van der Waals surface area contributed by atoms with E-state index in [4.69, 9.17) is 0 Å². The summed E-state index contributed by atoms with van der Waals surface area (Å²) in [6, 6.07) is 0. The summed E-state index contributed by atoms with van der Waals surface area (Å²) in [5.41, 5.74) is -1.72. The number of hydrogen-bond donors (Lipinski definition) is 3. The third kappa shape index (κ3) is 2.42. The van der Waals surface area contributed by atoms with E-state index in [0.717, 1.165) is 6.42 Å². The first-order valence-electron chi connectivity index (χ1n) is 4.86. The molecular weight excluding hydrogens is 168 g/mol. The Morgan fingerprint density at radius 2 is 1.92 bits per heavy atom. The molecule has 3 atom stereocenters. The lowest BCUT2D eigenvalue weighted by molar-refractivity contribution is -0.126. The second-order valence-corrected chi connectivity index (χ2v) is 5.00. The van der Waals surface area contributed by atoms with Crippen LogP contribution in [0.5, 0.6) is 0 Å². The van der Waals surface area contributed by atoms with Crippen molar-refractivity contribution in [3.63, 3.8) is 0 Å². The fourth-order valence-electron chi connectivity index (χ4n) is 1.92. The first-order chi connectivity index (χ1) is 5.73. The maximum Gasteiger partial charge on any atom is 0.0877 e. The van der Waals surface area contributed by atoms with Crippen LogP contribution in [0.1, 0.15) is 40.0 Å². The SMILES string of the molecule is CC(C)(O)[C@H]1CC[C@@](C)(O)[C@H](O)C1. The third-order valence-corrected chi connectivity index (χ3v) is 3.22. The highest BCUT2D eigenvalue weighted by atomic mass is 16.3. The van der Waals surface area contributed by atoms with Crippen molar-refractivity contribution in [3.05, 3.63) is 0 Å². The standard InChI is InChI=1S/C10H20O3/c1-9(2,12)7-4-5-10(3,13)8(11)6-7/h7-8,11-13H,4-6H2,1-3H3/t7-,8+,10+/m0/s1. The summed E-state index contributed by atoms with van der Waals surface area (Å²) >= 11 is 0. The zero-order valence-electron chi connectivity index (χ0n) is 8.62. The molecule has 1 aliphatic carbocycles. The fraction of sp³-hybridized carbons (Fsp3) is 1.00. The molecule has 0 amide bonds. The van der Waals surface area contributed by atoms with E-state index in [1.165, 1.54) is 0 Å². The highest BCUT2D eigenvalue weighted by molar-refractivity contribution is 4.93. The maximum absolute atomic E-state index is 9.74.